The third-order valence-corrected chi connectivity index (χ3v) is 4.00. The molecule has 2 unspecified atom stereocenters. The van der Waals surface area contributed by atoms with E-state index in [-0.39, 0.29) is 23.6 Å². The summed E-state index contributed by atoms with van der Waals surface area (Å²) in [6.07, 6.45) is -0.272. The standard InChI is InChI=1S/C13H12ClFN2O3/c14-9-2-1-3-10(15)7(9)4-17-5-8-11(6-17)20-16-12(8)13(18)19/h1-3,8,11H,4-6H2,(H,18,19). The van der Waals surface area contributed by atoms with Crippen molar-refractivity contribution in [1.82, 2.24) is 4.90 Å². The highest BCUT2D eigenvalue weighted by molar-refractivity contribution is 6.37. The number of carbonyl (C=O) groups is 1. The van der Waals surface area contributed by atoms with Crippen LogP contribution in [-0.4, -0.2) is 40.9 Å². The van der Waals surface area contributed by atoms with Crippen molar-refractivity contribution >= 4 is 23.3 Å². The van der Waals surface area contributed by atoms with Crippen molar-refractivity contribution in [3.63, 3.8) is 0 Å². The molecule has 0 bridgehead atoms. The zero-order chi connectivity index (χ0) is 14.3. The van der Waals surface area contributed by atoms with E-state index in [0.717, 1.165) is 0 Å². The topological polar surface area (TPSA) is 62.1 Å². The predicted molar refractivity (Wildman–Crippen MR) is 70.1 cm³/mol. The van der Waals surface area contributed by atoms with Gasteiger partial charge in [-0.1, -0.05) is 22.8 Å². The van der Waals surface area contributed by atoms with E-state index in [2.05, 4.69) is 5.16 Å². The second-order valence-electron chi connectivity index (χ2n) is 4.93. The van der Waals surface area contributed by atoms with Crippen LogP contribution < -0.4 is 0 Å². The number of hydrogen-bond acceptors (Lipinski definition) is 4. The van der Waals surface area contributed by atoms with Gasteiger partial charge in [0.25, 0.3) is 0 Å². The number of aliphatic carboxylic acids is 1. The Bertz CT molecular complexity index is 573. The number of halogens is 2. The number of likely N-dealkylation sites (tertiary alicyclic amines) is 1. The normalized spacial score (nSPS) is 25.2. The molecule has 1 aromatic carbocycles. The third kappa shape index (κ3) is 2.25. The summed E-state index contributed by atoms with van der Waals surface area (Å²) < 4.78 is 13.7. The molecule has 106 valence electrons. The summed E-state index contributed by atoms with van der Waals surface area (Å²) in [6.45, 7) is 1.31. The molecule has 0 saturated carbocycles. The molecule has 0 amide bonds. The molecule has 0 spiro atoms. The molecule has 7 heteroatoms. The first-order chi connectivity index (χ1) is 9.56. The first-order valence-electron chi connectivity index (χ1n) is 6.18. The Labute approximate surface area is 119 Å². The number of rotatable bonds is 3. The molecule has 0 aromatic heterocycles. The lowest BCUT2D eigenvalue weighted by molar-refractivity contribution is -0.129. The molecule has 1 aromatic rings. The maximum absolute atomic E-state index is 13.7. The molecule has 2 aliphatic rings. The van der Waals surface area contributed by atoms with Gasteiger partial charge in [0.15, 0.2) is 5.71 Å². The molecule has 1 fully saturated rings. The van der Waals surface area contributed by atoms with Crippen LogP contribution in [0.25, 0.3) is 0 Å². The van der Waals surface area contributed by atoms with Crippen molar-refractivity contribution in [2.45, 2.75) is 12.6 Å². The van der Waals surface area contributed by atoms with E-state index in [1.807, 2.05) is 4.90 Å². The molecule has 2 atom stereocenters. The van der Waals surface area contributed by atoms with Crippen molar-refractivity contribution in [1.29, 1.82) is 0 Å². The minimum atomic E-state index is -1.07. The summed E-state index contributed by atoms with van der Waals surface area (Å²) in [5, 5.41) is 13.0. The number of oxime groups is 1. The fraction of sp³-hybridized carbons (Fsp3) is 0.385. The van der Waals surface area contributed by atoms with E-state index in [4.69, 9.17) is 21.5 Å². The molecule has 0 radical (unpaired) electrons. The van der Waals surface area contributed by atoms with Crippen molar-refractivity contribution in [3.8, 4) is 0 Å². The summed E-state index contributed by atoms with van der Waals surface area (Å²) >= 11 is 5.99. The highest BCUT2D eigenvalue weighted by Crippen LogP contribution is 2.30. The smallest absolute Gasteiger partial charge is 0.354 e. The lowest BCUT2D eigenvalue weighted by Crippen LogP contribution is -2.27. The van der Waals surface area contributed by atoms with Gasteiger partial charge in [0.2, 0.25) is 0 Å². The quantitative estimate of drug-likeness (QED) is 0.923. The molecule has 2 aliphatic heterocycles. The zero-order valence-corrected chi connectivity index (χ0v) is 11.2. The minimum absolute atomic E-state index is 0.0390. The maximum Gasteiger partial charge on any atom is 0.354 e. The molecule has 1 saturated heterocycles. The van der Waals surface area contributed by atoms with E-state index in [9.17, 15) is 9.18 Å². The fourth-order valence-electron chi connectivity index (χ4n) is 2.65. The predicted octanol–water partition coefficient (Wildman–Crippen LogP) is 1.75. The molecule has 5 nitrogen and oxygen atoms in total. The molecular weight excluding hydrogens is 287 g/mol. The van der Waals surface area contributed by atoms with E-state index in [1.165, 1.54) is 6.07 Å². The lowest BCUT2D eigenvalue weighted by Gasteiger charge is -2.17. The number of fused-ring (bicyclic) bond motifs is 1. The van der Waals surface area contributed by atoms with Crippen LogP contribution in [0.2, 0.25) is 5.02 Å². The first-order valence-corrected chi connectivity index (χ1v) is 6.56. The molecule has 3 rings (SSSR count). The Balaban J connectivity index is 1.73. The molecule has 2 heterocycles. The van der Waals surface area contributed by atoms with Gasteiger partial charge >= 0.3 is 5.97 Å². The van der Waals surface area contributed by atoms with Gasteiger partial charge in [-0.2, -0.15) is 0 Å². The number of carboxylic acids is 1. The number of nitrogens with zero attached hydrogens (tertiary/aromatic N) is 2. The minimum Gasteiger partial charge on any atom is -0.477 e. The Hall–Kier alpha value is -1.66. The van der Waals surface area contributed by atoms with Crippen LogP contribution in [0.4, 0.5) is 4.39 Å². The van der Waals surface area contributed by atoms with Crippen molar-refractivity contribution in [2.24, 2.45) is 11.1 Å². The third-order valence-electron chi connectivity index (χ3n) is 3.64. The average Bonchev–Trinajstić information content (AvgIpc) is 2.92. The monoisotopic (exact) mass is 298 g/mol. The summed E-state index contributed by atoms with van der Waals surface area (Å²) in [4.78, 5) is 18.1. The van der Waals surface area contributed by atoms with Gasteiger partial charge in [-0.3, -0.25) is 4.90 Å². The van der Waals surface area contributed by atoms with Gasteiger partial charge in [0.1, 0.15) is 11.9 Å². The largest absolute Gasteiger partial charge is 0.477 e. The van der Waals surface area contributed by atoms with Gasteiger partial charge in [-0.15, -0.1) is 0 Å². The van der Waals surface area contributed by atoms with Gasteiger partial charge in [0.05, 0.1) is 5.92 Å². The van der Waals surface area contributed by atoms with Crippen molar-refractivity contribution in [2.75, 3.05) is 13.1 Å². The highest BCUT2D eigenvalue weighted by Gasteiger charge is 2.45. The van der Waals surface area contributed by atoms with Crippen LogP contribution in [0.5, 0.6) is 0 Å². The van der Waals surface area contributed by atoms with E-state index in [1.54, 1.807) is 12.1 Å². The molecule has 20 heavy (non-hydrogen) atoms. The molecular formula is C13H12ClFN2O3. The molecule has 0 aliphatic carbocycles. The van der Waals surface area contributed by atoms with Crippen molar-refractivity contribution in [3.05, 3.63) is 34.6 Å². The van der Waals surface area contributed by atoms with Crippen LogP contribution >= 0.6 is 11.6 Å². The number of carboxylic acid groups (broad SMARTS) is 1. The average molecular weight is 299 g/mol. The second kappa shape index (κ2) is 5.03. The Morgan fingerprint density at radius 1 is 1.55 bits per heavy atom. The Morgan fingerprint density at radius 3 is 3.05 bits per heavy atom. The number of hydrogen-bond donors (Lipinski definition) is 1. The Kier molecular flexibility index (Phi) is 3.35. The van der Waals surface area contributed by atoms with E-state index >= 15 is 0 Å². The maximum atomic E-state index is 13.7. The van der Waals surface area contributed by atoms with Gasteiger partial charge in [0, 0.05) is 30.2 Å². The summed E-state index contributed by atoms with van der Waals surface area (Å²) in [5.74, 6) is -1.69. The van der Waals surface area contributed by atoms with Crippen LogP contribution in [-0.2, 0) is 16.2 Å². The van der Waals surface area contributed by atoms with Gasteiger partial charge in [-0.05, 0) is 12.1 Å². The van der Waals surface area contributed by atoms with E-state index < -0.39 is 5.97 Å². The van der Waals surface area contributed by atoms with E-state index in [0.29, 0.717) is 30.2 Å². The summed E-state index contributed by atoms with van der Waals surface area (Å²) in [5.41, 5.74) is 0.458. The fourth-order valence-corrected chi connectivity index (χ4v) is 2.87. The van der Waals surface area contributed by atoms with Crippen LogP contribution in [0, 0.1) is 11.7 Å². The SMILES string of the molecule is O=C(O)C1=NOC2CN(Cc3c(F)cccc3Cl)CC12. The number of benzene rings is 1. The Morgan fingerprint density at radius 2 is 2.35 bits per heavy atom. The van der Waals surface area contributed by atoms with Crippen LogP contribution in [0.1, 0.15) is 5.56 Å². The lowest BCUT2D eigenvalue weighted by atomic mass is 10.0. The molecule has 1 N–H and O–H groups in total. The summed E-state index contributed by atoms with van der Waals surface area (Å²) in [6, 6.07) is 4.55. The highest BCUT2D eigenvalue weighted by atomic mass is 35.5. The zero-order valence-electron chi connectivity index (χ0n) is 10.4. The van der Waals surface area contributed by atoms with Crippen LogP contribution in [0.3, 0.4) is 0 Å². The summed E-state index contributed by atoms with van der Waals surface area (Å²) in [7, 11) is 0. The van der Waals surface area contributed by atoms with Crippen molar-refractivity contribution < 1.29 is 19.1 Å². The van der Waals surface area contributed by atoms with Crippen LogP contribution in [0.15, 0.2) is 23.4 Å². The van der Waals surface area contributed by atoms with Gasteiger partial charge < -0.3 is 9.94 Å². The first kappa shape index (κ1) is 13.3. The second-order valence-corrected chi connectivity index (χ2v) is 5.33. The van der Waals surface area contributed by atoms with Gasteiger partial charge in [-0.25, -0.2) is 9.18 Å².